The predicted molar refractivity (Wildman–Crippen MR) is 2.11 cm³/mol. The second-order valence-electron chi connectivity index (χ2n) is 0. The zero-order valence-corrected chi connectivity index (χ0v) is 9.70. The van der Waals surface area contributed by atoms with Gasteiger partial charge in [-0.25, -0.2) is 0 Å². The van der Waals surface area contributed by atoms with Crippen molar-refractivity contribution in [3.8, 4) is 0 Å². The molecule has 0 aromatic heterocycles. The van der Waals surface area contributed by atoms with Crippen molar-refractivity contribution >= 4 is 0 Å². The van der Waals surface area contributed by atoms with Gasteiger partial charge >= 0.3 is 19.5 Å². The van der Waals surface area contributed by atoms with Crippen molar-refractivity contribution in [2.75, 3.05) is 0 Å². The van der Waals surface area contributed by atoms with Crippen LogP contribution >= 0.6 is 0 Å². The molecule has 0 saturated carbocycles. The van der Waals surface area contributed by atoms with Crippen molar-refractivity contribution < 1.29 is 92.8 Å². The number of rotatable bonds is 0. The summed E-state index contributed by atoms with van der Waals surface area (Å²) in [6.07, 6.45) is 0. The van der Waals surface area contributed by atoms with Crippen LogP contribution in [0, 0.1) is 0 Å². The Labute approximate surface area is 91.2 Å². The minimum atomic E-state index is 0. The van der Waals surface area contributed by atoms with E-state index in [1.807, 2.05) is 0 Å². The summed E-state index contributed by atoms with van der Waals surface area (Å²) in [6, 6.07) is 0. The van der Waals surface area contributed by atoms with E-state index in [4.69, 9.17) is 0 Å². The van der Waals surface area contributed by atoms with Crippen LogP contribution in [0.4, 0.5) is 0 Å². The van der Waals surface area contributed by atoms with Crippen LogP contribution < -0.4 is 71.9 Å². The van der Waals surface area contributed by atoms with Gasteiger partial charge in [-0.05, 0) is 0 Å². The number of hydrogen-bond acceptors (Lipinski definition) is 0. The molecule has 0 atom stereocenters. The molecule has 4 heteroatoms. The third kappa shape index (κ3) is 8.84. The molecule has 0 heterocycles. The van der Waals surface area contributed by atoms with E-state index in [2.05, 4.69) is 0 Å². The molecule has 0 nitrogen and oxygen atoms in total. The van der Waals surface area contributed by atoms with Gasteiger partial charge in [0.05, 0.1) is 0 Å². The first kappa shape index (κ1) is 29.1. The molecule has 0 amide bonds. The molecule has 0 rings (SSSR count). The quantitative estimate of drug-likeness (QED) is 0.237. The zero-order valence-electron chi connectivity index (χ0n) is 1.49. The summed E-state index contributed by atoms with van der Waals surface area (Å²) < 4.78 is 0. The van der Waals surface area contributed by atoms with Crippen LogP contribution in [0.2, 0.25) is 0 Å². The Morgan fingerprint density at radius 3 is 0.750 bits per heavy atom. The van der Waals surface area contributed by atoms with Crippen molar-refractivity contribution in [2.45, 2.75) is 0 Å². The van der Waals surface area contributed by atoms with Crippen LogP contribution in [0.15, 0.2) is 0 Å². The molecule has 0 saturated heterocycles. The second kappa shape index (κ2) is 17.0. The topological polar surface area (TPSA) is 0 Å². The second-order valence-corrected chi connectivity index (χ2v) is 0. The van der Waals surface area contributed by atoms with Gasteiger partial charge in [-0.2, -0.15) is 0 Å². The van der Waals surface area contributed by atoms with Gasteiger partial charge in [0.1, 0.15) is 0 Å². The van der Waals surface area contributed by atoms with Gasteiger partial charge in [-0.3, -0.25) is 0 Å². The average molecular weight is 484 g/mol. The fourth-order valence-electron chi connectivity index (χ4n) is 0. The molecule has 0 aromatic rings. The van der Waals surface area contributed by atoms with Crippen molar-refractivity contribution in [1.29, 1.82) is 0 Å². The van der Waals surface area contributed by atoms with Crippen LogP contribution in [-0.2, 0) is 19.5 Å². The third-order valence-electron chi connectivity index (χ3n) is 0. The fraction of sp³-hybridized carbons (Fsp3) is 0. The molecule has 0 spiro atoms. The van der Waals surface area contributed by atoms with Crippen molar-refractivity contribution in [3.63, 3.8) is 0 Å². The molecule has 1 radical (unpaired) electrons. The van der Waals surface area contributed by atoms with Crippen LogP contribution in [0.3, 0.4) is 0 Å². The van der Waals surface area contributed by atoms with Gasteiger partial charge in [0.15, 0.2) is 0 Å². The maximum absolute atomic E-state index is 0. The summed E-state index contributed by atoms with van der Waals surface area (Å²) in [6.45, 7) is 0. The first-order valence-electron chi connectivity index (χ1n) is 0. The SMILES string of the molecule is [HH].[I-].[I-].[I-].[Ru+3]. The smallest absolute Gasteiger partial charge is 1.00 e. The van der Waals surface area contributed by atoms with E-state index in [0.717, 1.165) is 0 Å². The molecule has 4 heavy (non-hydrogen) atoms. The monoisotopic (exact) mass is 485 g/mol. The molecule has 31 valence electrons. The molecule has 0 fully saturated rings. The number of halogens is 3. The summed E-state index contributed by atoms with van der Waals surface area (Å²) >= 11 is 0. The molecular formula is H2I3Ru. The molecule has 0 aliphatic carbocycles. The molecule has 0 bridgehead atoms. The Morgan fingerprint density at radius 2 is 0.750 bits per heavy atom. The van der Waals surface area contributed by atoms with Gasteiger partial charge in [-0.1, -0.05) is 0 Å². The van der Waals surface area contributed by atoms with E-state index in [1.165, 1.54) is 0 Å². The van der Waals surface area contributed by atoms with E-state index in [9.17, 15) is 0 Å². The van der Waals surface area contributed by atoms with Gasteiger partial charge in [0.25, 0.3) is 0 Å². The zero-order chi connectivity index (χ0) is 0. The molecule has 0 aliphatic rings. The van der Waals surface area contributed by atoms with E-state index in [0.29, 0.717) is 0 Å². The van der Waals surface area contributed by atoms with E-state index in [-0.39, 0.29) is 92.8 Å². The molecule has 0 N–H and O–H groups in total. The van der Waals surface area contributed by atoms with Crippen LogP contribution in [0.5, 0.6) is 0 Å². The van der Waals surface area contributed by atoms with Crippen LogP contribution in [-0.4, -0.2) is 0 Å². The predicted octanol–water partition coefficient (Wildman–Crippen LogP) is -8.74. The van der Waals surface area contributed by atoms with Crippen molar-refractivity contribution in [3.05, 3.63) is 0 Å². The summed E-state index contributed by atoms with van der Waals surface area (Å²) in [5, 5.41) is 0. The van der Waals surface area contributed by atoms with Crippen molar-refractivity contribution in [2.24, 2.45) is 0 Å². The fourth-order valence-corrected chi connectivity index (χ4v) is 0. The Balaban J connectivity index is 0. The molecule has 0 aliphatic heterocycles. The minimum absolute atomic E-state index is 0. The normalized spacial score (nSPS) is 0. The Kier molecular flexibility index (Phi) is 124. The Bertz CT molecular complexity index is 6.85. The first-order valence-corrected chi connectivity index (χ1v) is 0. The average Bonchev–Trinajstić information content (AvgIpc) is 0. The van der Waals surface area contributed by atoms with Crippen LogP contribution in [0.1, 0.15) is 1.43 Å². The number of hydrogen-bond donors (Lipinski definition) is 0. The van der Waals surface area contributed by atoms with Gasteiger partial charge in [-0.15, -0.1) is 0 Å². The van der Waals surface area contributed by atoms with E-state index >= 15 is 0 Å². The first-order chi connectivity index (χ1) is 0. The Morgan fingerprint density at radius 1 is 0.750 bits per heavy atom. The summed E-state index contributed by atoms with van der Waals surface area (Å²) in [4.78, 5) is 0. The van der Waals surface area contributed by atoms with Gasteiger partial charge < -0.3 is 71.9 Å². The van der Waals surface area contributed by atoms with Crippen LogP contribution in [0.25, 0.3) is 0 Å². The summed E-state index contributed by atoms with van der Waals surface area (Å²) in [5.74, 6) is 0. The maximum atomic E-state index is 0. The van der Waals surface area contributed by atoms with E-state index in [1.54, 1.807) is 0 Å². The molecular weight excluding hydrogens is 482 g/mol. The van der Waals surface area contributed by atoms with Gasteiger partial charge in [0, 0.05) is 1.43 Å². The van der Waals surface area contributed by atoms with Crippen molar-refractivity contribution in [1.82, 2.24) is 0 Å². The van der Waals surface area contributed by atoms with E-state index < -0.39 is 0 Å². The molecule has 0 unspecified atom stereocenters. The summed E-state index contributed by atoms with van der Waals surface area (Å²) in [7, 11) is 0. The molecule has 0 aromatic carbocycles. The third-order valence-corrected chi connectivity index (χ3v) is 0. The largest absolute Gasteiger partial charge is 3.00 e. The standard InChI is InChI=1S/3HI.Ru.H2/h3*1H;;1H/q;;;+3;/p-3. The maximum Gasteiger partial charge on any atom is 3.00 e. The summed E-state index contributed by atoms with van der Waals surface area (Å²) in [5.41, 5.74) is 0. The Hall–Kier alpha value is 2.81. The van der Waals surface area contributed by atoms with Gasteiger partial charge in [0.2, 0.25) is 0 Å². The minimum Gasteiger partial charge on any atom is -1.00 e.